The summed E-state index contributed by atoms with van der Waals surface area (Å²) in [6.07, 6.45) is 1.35. The van der Waals surface area contributed by atoms with Gasteiger partial charge < -0.3 is 5.73 Å². The Morgan fingerprint density at radius 1 is 1.41 bits per heavy atom. The number of sulfonamides is 1. The van der Waals surface area contributed by atoms with Gasteiger partial charge in [0.05, 0.1) is 0 Å². The summed E-state index contributed by atoms with van der Waals surface area (Å²) in [5, 5.41) is 0. The van der Waals surface area contributed by atoms with Gasteiger partial charge in [0.15, 0.2) is 0 Å². The standard InChI is InChI=1S/C11H17FN2O2S/c1-9(5-4-8-13)14-17(15,16)11-7-3-2-6-10(11)12/h2-3,6-7,9,14H,4-5,8,13H2,1H3. The summed E-state index contributed by atoms with van der Waals surface area (Å²) in [7, 11) is -3.79. The number of hydrogen-bond acceptors (Lipinski definition) is 3. The average Bonchev–Trinajstić information content (AvgIpc) is 2.26. The first-order chi connectivity index (χ1) is 7.97. The van der Waals surface area contributed by atoms with Gasteiger partial charge in [0.1, 0.15) is 10.7 Å². The summed E-state index contributed by atoms with van der Waals surface area (Å²) in [5.41, 5.74) is 5.34. The molecule has 0 aromatic heterocycles. The molecule has 0 spiro atoms. The molecule has 0 aliphatic rings. The second-order valence-electron chi connectivity index (χ2n) is 3.88. The molecule has 0 heterocycles. The van der Waals surface area contributed by atoms with E-state index in [1.165, 1.54) is 18.2 Å². The largest absolute Gasteiger partial charge is 0.330 e. The van der Waals surface area contributed by atoms with Gasteiger partial charge in [-0.15, -0.1) is 0 Å². The van der Waals surface area contributed by atoms with Crippen LogP contribution in [0.2, 0.25) is 0 Å². The molecule has 17 heavy (non-hydrogen) atoms. The molecule has 6 heteroatoms. The molecule has 0 aliphatic heterocycles. The van der Waals surface area contributed by atoms with Gasteiger partial charge >= 0.3 is 0 Å². The lowest BCUT2D eigenvalue weighted by Gasteiger charge is -2.14. The van der Waals surface area contributed by atoms with Crippen molar-refractivity contribution in [3.63, 3.8) is 0 Å². The molecule has 0 aliphatic carbocycles. The van der Waals surface area contributed by atoms with Crippen LogP contribution < -0.4 is 10.5 Å². The zero-order chi connectivity index (χ0) is 12.9. The van der Waals surface area contributed by atoms with Crippen molar-refractivity contribution < 1.29 is 12.8 Å². The highest BCUT2D eigenvalue weighted by molar-refractivity contribution is 7.89. The van der Waals surface area contributed by atoms with Gasteiger partial charge in [-0.05, 0) is 38.4 Å². The van der Waals surface area contributed by atoms with Crippen molar-refractivity contribution >= 4 is 10.0 Å². The number of nitrogens with two attached hydrogens (primary N) is 1. The molecule has 0 amide bonds. The van der Waals surface area contributed by atoms with E-state index in [2.05, 4.69) is 4.72 Å². The molecule has 0 radical (unpaired) electrons. The third-order valence-electron chi connectivity index (χ3n) is 2.32. The van der Waals surface area contributed by atoms with Gasteiger partial charge in [-0.2, -0.15) is 0 Å². The first-order valence-corrected chi connectivity index (χ1v) is 6.92. The SMILES string of the molecule is CC(CCCN)NS(=O)(=O)c1ccccc1F. The molecule has 4 nitrogen and oxygen atoms in total. The third kappa shape index (κ3) is 4.07. The third-order valence-corrected chi connectivity index (χ3v) is 3.95. The first kappa shape index (κ1) is 14.1. The van der Waals surface area contributed by atoms with E-state index >= 15 is 0 Å². The Morgan fingerprint density at radius 2 is 2.06 bits per heavy atom. The lowest BCUT2D eigenvalue weighted by molar-refractivity contribution is 0.527. The second kappa shape index (κ2) is 6.09. The zero-order valence-corrected chi connectivity index (χ0v) is 10.5. The molecule has 1 aromatic carbocycles. The Labute approximate surface area is 101 Å². The van der Waals surface area contributed by atoms with Crippen LogP contribution in [0.1, 0.15) is 19.8 Å². The van der Waals surface area contributed by atoms with E-state index in [9.17, 15) is 12.8 Å². The first-order valence-electron chi connectivity index (χ1n) is 5.44. The molecule has 3 N–H and O–H groups in total. The molecule has 1 atom stereocenters. The van der Waals surface area contributed by atoms with E-state index in [-0.39, 0.29) is 10.9 Å². The Balaban J connectivity index is 2.79. The highest BCUT2D eigenvalue weighted by Crippen LogP contribution is 2.14. The monoisotopic (exact) mass is 260 g/mol. The van der Waals surface area contributed by atoms with Gasteiger partial charge in [-0.3, -0.25) is 0 Å². The second-order valence-corrected chi connectivity index (χ2v) is 5.57. The summed E-state index contributed by atoms with van der Waals surface area (Å²) in [6, 6.07) is 5.05. The van der Waals surface area contributed by atoms with Crippen LogP contribution in [0.25, 0.3) is 0 Å². The van der Waals surface area contributed by atoms with Gasteiger partial charge in [0, 0.05) is 6.04 Å². The van der Waals surface area contributed by atoms with E-state index in [1.807, 2.05) is 0 Å². The van der Waals surface area contributed by atoms with E-state index in [0.717, 1.165) is 12.5 Å². The molecule has 96 valence electrons. The van der Waals surface area contributed by atoms with Crippen molar-refractivity contribution in [1.82, 2.24) is 4.72 Å². The topological polar surface area (TPSA) is 72.2 Å². The van der Waals surface area contributed by atoms with Crippen LogP contribution in [-0.4, -0.2) is 21.0 Å². The molecule has 1 aromatic rings. The minimum absolute atomic E-state index is 0.261. The molecular formula is C11H17FN2O2S. The molecule has 0 saturated heterocycles. The maximum Gasteiger partial charge on any atom is 0.243 e. The van der Waals surface area contributed by atoms with Crippen LogP contribution in [0.5, 0.6) is 0 Å². The van der Waals surface area contributed by atoms with Crippen LogP contribution in [0.15, 0.2) is 29.2 Å². The van der Waals surface area contributed by atoms with Crippen molar-refractivity contribution in [3.05, 3.63) is 30.1 Å². The minimum atomic E-state index is -3.79. The van der Waals surface area contributed by atoms with E-state index in [1.54, 1.807) is 6.92 Å². The fraction of sp³-hybridized carbons (Fsp3) is 0.455. The lowest BCUT2D eigenvalue weighted by Crippen LogP contribution is -2.33. The van der Waals surface area contributed by atoms with Gasteiger partial charge in [-0.1, -0.05) is 12.1 Å². The van der Waals surface area contributed by atoms with Gasteiger partial charge in [0.25, 0.3) is 0 Å². The summed E-state index contributed by atoms with van der Waals surface area (Å²) in [5.74, 6) is -0.744. The van der Waals surface area contributed by atoms with Crippen molar-refractivity contribution in [3.8, 4) is 0 Å². The fourth-order valence-corrected chi connectivity index (χ4v) is 2.83. The quantitative estimate of drug-likeness (QED) is 0.808. The molecule has 0 saturated carbocycles. The maximum absolute atomic E-state index is 13.3. The smallest absolute Gasteiger partial charge is 0.243 e. The van der Waals surface area contributed by atoms with Crippen molar-refractivity contribution in [1.29, 1.82) is 0 Å². The molecule has 0 bridgehead atoms. The Kier molecular flexibility index (Phi) is 5.04. The lowest BCUT2D eigenvalue weighted by atomic mass is 10.2. The van der Waals surface area contributed by atoms with Crippen LogP contribution in [0.4, 0.5) is 4.39 Å². The molecule has 0 fully saturated rings. The molecule has 1 unspecified atom stereocenters. The predicted molar refractivity (Wildman–Crippen MR) is 64.5 cm³/mol. The van der Waals surface area contributed by atoms with Crippen LogP contribution >= 0.6 is 0 Å². The number of hydrogen-bond donors (Lipinski definition) is 2. The number of benzene rings is 1. The molecular weight excluding hydrogens is 243 g/mol. The van der Waals surface area contributed by atoms with Gasteiger partial charge in [-0.25, -0.2) is 17.5 Å². The highest BCUT2D eigenvalue weighted by Gasteiger charge is 2.20. The Bertz CT molecular complexity index is 462. The predicted octanol–water partition coefficient (Wildman–Crippen LogP) is 1.23. The number of nitrogens with one attached hydrogen (secondary N) is 1. The highest BCUT2D eigenvalue weighted by atomic mass is 32.2. The average molecular weight is 260 g/mol. The van der Waals surface area contributed by atoms with E-state index in [0.29, 0.717) is 13.0 Å². The number of halogens is 1. The van der Waals surface area contributed by atoms with Crippen molar-refractivity contribution in [2.75, 3.05) is 6.54 Å². The Hall–Kier alpha value is -0.980. The normalized spacial score (nSPS) is 13.6. The van der Waals surface area contributed by atoms with Crippen LogP contribution in [0, 0.1) is 5.82 Å². The van der Waals surface area contributed by atoms with Crippen LogP contribution in [0.3, 0.4) is 0 Å². The van der Waals surface area contributed by atoms with Crippen molar-refractivity contribution in [2.24, 2.45) is 5.73 Å². The zero-order valence-electron chi connectivity index (χ0n) is 9.69. The molecule has 1 rings (SSSR count). The minimum Gasteiger partial charge on any atom is -0.330 e. The van der Waals surface area contributed by atoms with E-state index in [4.69, 9.17) is 5.73 Å². The summed E-state index contributed by atoms with van der Waals surface area (Å²) >= 11 is 0. The van der Waals surface area contributed by atoms with Crippen LogP contribution in [-0.2, 0) is 10.0 Å². The van der Waals surface area contributed by atoms with Crippen molar-refractivity contribution in [2.45, 2.75) is 30.7 Å². The fourth-order valence-electron chi connectivity index (χ4n) is 1.47. The summed E-state index contributed by atoms with van der Waals surface area (Å²) in [4.78, 5) is -0.320. The maximum atomic E-state index is 13.3. The summed E-state index contributed by atoms with van der Waals surface area (Å²) in [6.45, 7) is 2.24. The number of rotatable bonds is 6. The van der Waals surface area contributed by atoms with Gasteiger partial charge in [0.2, 0.25) is 10.0 Å². The summed E-state index contributed by atoms with van der Waals surface area (Å²) < 4.78 is 39.5. The van der Waals surface area contributed by atoms with E-state index < -0.39 is 15.8 Å². The Morgan fingerprint density at radius 3 is 2.65 bits per heavy atom.